The van der Waals surface area contributed by atoms with Gasteiger partial charge in [-0.1, -0.05) is 25.8 Å². The number of hydrogen-bond donors (Lipinski definition) is 1. The zero-order chi connectivity index (χ0) is 13.0. The van der Waals surface area contributed by atoms with Gasteiger partial charge in [0.15, 0.2) is 0 Å². The van der Waals surface area contributed by atoms with Gasteiger partial charge in [0.05, 0.1) is 11.7 Å². The summed E-state index contributed by atoms with van der Waals surface area (Å²) in [5.74, 6) is 0. The molecule has 2 unspecified atom stereocenters. The van der Waals surface area contributed by atoms with Gasteiger partial charge in [-0.05, 0) is 30.9 Å². The van der Waals surface area contributed by atoms with E-state index in [2.05, 4.69) is 18.0 Å². The average Bonchev–Trinajstić information content (AvgIpc) is 2.40. The molecule has 3 nitrogen and oxygen atoms in total. The number of pyridine rings is 1. The van der Waals surface area contributed by atoms with Crippen LogP contribution >= 0.6 is 0 Å². The summed E-state index contributed by atoms with van der Waals surface area (Å²) in [6.45, 7) is 2.12. The summed E-state index contributed by atoms with van der Waals surface area (Å²) in [4.78, 5) is 4.44. The van der Waals surface area contributed by atoms with Crippen LogP contribution in [0.1, 0.15) is 43.9 Å². The van der Waals surface area contributed by atoms with E-state index in [9.17, 15) is 5.11 Å². The van der Waals surface area contributed by atoms with E-state index in [1.165, 1.54) is 5.56 Å². The Morgan fingerprint density at radius 3 is 2.89 bits per heavy atom. The van der Waals surface area contributed by atoms with Gasteiger partial charge < -0.3 is 9.84 Å². The largest absolute Gasteiger partial charge is 0.387 e. The summed E-state index contributed by atoms with van der Waals surface area (Å²) in [6.07, 6.45) is 7.41. The zero-order valence-corrected chi connectivity index (χ0v) is 11.4. The van der Waals surface area contributed by atoms with Gasteiger partial charge in [0.2, 0.25) is 0 Å². The maximum atomic E-state index is 10.7. The van der Waals surface area contributed by atoms with Crippen LogP contribution in [0.4, 0.5) is 0 Å². The summed E-state index contributed by atoms with van der Waals surface area (Å²) in [5, 5.41) is 10.7. The van der Waals surface area contributed by atoms with E-state index >= 15 is 0 Å². The van der Waals surface area contributed by atoms with Crippen molar-refractivity contribution in [3.8, 4) is 0 Å². The van der Waals surface area contributed by atoms with Crippen molar-refractivity contribution >= 4 is 0 Å². The van der Waals surface area contributed by atoms with Crippen molar-refractivity contribution in [2.24, 2.45) is 0 Å². The van der Waals surface area contributed by atoms with Gasteiger partial charge in [-0.3, -0.25) is 4.98 Å². The molecule has 0 radical (unpaired) electrons. The van der Waals surface area contributed by atoms with Crippen molar-refractivity contribution in [2.45, 2.75) is 57.2 Å². The maximum absolute atomic E-state index is 10.7. The Kier molecular flexibility index (Phi) is 4.36. The highest BCUT2D eigenvalue weighted by Crippen LogP contribution is 2.33. The van der Waals surface area contributed by atoms with Crippen LogP contribution in [-0.4, -0.2) is 28.9 Å². The molecule has 1 fully saturated rings. The van der Waals surface area contributed by atoms with Gasteiger partial charge in [0, 0.05) is 25.4 Å². The normalized spacial score (nSPS) is 28.3. The Labute approximate surface area is 109 Å². The average molecular weight is 249 g/mol. The molecule has 0 spiro atoms. The highest BCUT2D eigenvalue weighted by molar-refractivity contribution is 5.16. The van der Waals surface area contributed by atoms with Gasteiger partial charge in [-0.15, -0.1) is 0 Å². The SMILES string of the molecule is CCc1ccc(CC2(O)CCCCC2OC)nc1. The van der Waals surface area contributed by atoms with Crippen LogP contribution in [0.2, 0.25) is 0 Å². The molecule has 2 rings (SSSR count). The van der Waals surface area contributed by atoms with Gasteiger partial charge in [-0.2, -0.15) is 0 Å². The molecule has 0 aliphatic heterocycles. The van der Waals surface area contributed by atoms with Crippen LogP contribution in [0.3, 0.4) is 0 Å². The predicted octanol–water partition coefficient (Wildman–Crippen LogP) is 2.51. The molecule has 1 aliphatic carbocycles. The fourth-order valence-corrected chi connectivity index (χ4v) is 2.81. The standard InChI is InChI=1S/C15H23NO2/c1-3-12-7-8-13(16-11-12)10-15(17)9-5-4-6-14(15)18-2/h7-8,11,14,17H,3-6,9-10H2,1-2H3. The third kappa shape index (κ3) is 2.90. The number of rotatable bonds is 4. The first kappa shape index (κ1) is 13.5. The van der Waals surface area contributed by atoms with Crippen LogP contribution in [0.15, 0.2) is 18.3 Å². The molecule has 0 bridgehead atoms. The summed E-state index contributed by atoms with van der Waals surface area (Å²) in [7, 11) is 1.69. The van der Waals surface area contributed by atoms with E-state index in [0.717, 1.165) is 37.8 Å². The number of ether oxygens (including phenoxy) is 1. The second-order valence-electron chi connectivity index (χ2n) is 5.26. The molecule has 1 N–H and O–H groups in total. The molecule has 0 amide bonds. The van der Waals surface area contributed by atoms with Gasteiger partial charge >= 0.3 is 0 Å². The highest BCUT2D eigenvalue weighted by atomic mass is 16.5. The lowest BCUT2D eigenvalue weighted by Crippen LogP contribution is -2.47. The molecule has 18 heavy (non-hydrogen) atoms. The Balaban J connectivity index is 2.09. The number of aryl methyl sites for hydroxylation is 1. The minimum atomic E-state index is -0.742. The number of hydrogen-bond acceptors (Lipinski definition) is 3. The van der Waals surface area contributed by atoms with Gasteiger partial charge in [-0.25, -0.2) is 0 Å². The third-order valence-electron chi connectivity index (χ3n) is 3.99. The van der Waals surface area contributed by atoms with Crippen molar-refractivity contribution in [1.29, 1.82) is 0 Å². The van der Waals surface area contributed by atoms with Gasteiger partial charge in [0.1, 0.15) is 0 Å². The molecule has 1 aromatic heterocycles. The number of aliphatic hydroxyl groups is 1. The van der Waals surface area contributed by atoms with Crippen molar-refractivity contribution in [1.82, 2.24) is 4.98 Å². The van der Waals surface area contributed by atoms with Crippen molar-refractivity contribution < 1.29 is 9.84 Å². The van der Waals surface area contributed by atoms with Crippen LogP contribution in [0.5, 0.6) is 0 Å². The fraction of sp³-hybridized carbons (Fsp3) is 0.667. The van der Waals surface area contributed by atoms with Crippen LogP contribution < -0.4 is 0 Å². The second-order valence-corrected chi connectivity index (χ2v) is 5.26. The van der Waals surface area contributed by atoms with E-state index in [1.807, 2.05) is 12.3 Å². The lowest BCUT2D eigenvalue weighted by atomic mass is 9.79. The highest BCUT2D eigenvalue weighted by Gasteiger charge is 2.39. The molecule has 0 aromatic carbocycles. The Bertz CT molecular complexity index is 377. The molecular weight excluding hydrogens is 226 g/mol. The second kappa shape index (κ2) is 5.81. The Morgan fingerprint density at radius 1 is 1.44 bits per heavy atom. The molecule has 1 aromatic rings. The van der Waals surface area contributed by atoms with Crippen molar-refractivity contribution in [3.63, 3.8) is 0 Å². The van der Waals surface area contributed by atoms with Crippen molar-refractivity contribution in [2.75, 3.05) is 7.11 Å². The Morgan fingerprint density at radius 2 is 2.28 bits per heavy atom. The van der Waals surface area contributed by atoms with E-state index in [1.54, 1.807) is 7.11 Å². The first-order valence-corrected chi connectivity index (χ1v) is 6.87. The molecule has 3 heteroatoms. The van der Waals surface area contributed by atoms with Crippen LogP contribution in [0, 0.1) is 0 Å². The van der Waals surface area contributed by atoms with E-state index < -0.39 is 5.60 Å². The predicted molar refractivity (Wildman–Crippen MR) is 71.5 cm³/mol. The molecule has 100 valence electrons. The Hall–Kier alpha value is -0.930. The van der Waals surface area contributed by atoms with Gasteiger partial charge in [0.25, 0.3) is 0 Å². The summed E-state index contributed by atoms with van der Waals surface area (Å²) < 4.78 is 5.45. The number of methoxy groups -OCH3 is 1. The zero-order valence-electron chi connectivity index (χ0n) is 11.4. The minimum absolute atomic E-state index is 0.0566. The monoisotopic (exact) mass is 249 g/mol. The van der Waals surface area contributed by atoms with E-state index in [0.29, 0.717) is 6.42 Å². The van der Waals surface area contributed by atoms with E-state index in [4.69, 9.17) is 4.74 Å². The molecule has 1 heterocycles. The molecule has 2 atom stereocenters. The first-order chi connectivity index (χ1) is 8.68. The summed E-state index contributed by atoms with van der Waals surface area (Å²) in [5.41, 5.74) is 1.45. The molecular formula is C15H23NO2. The first-order valence-electron chi connectivity index (χ1n) is 6.87. The molecule has 1 saturated carbocycles. The third-order valence-corrected chi connectivity index (χ3v) is 3.99. The minimum Gasteiger partial charge on any atom is -0.387 e. The quantitative estimate of drug-likeness (QED) is 0.891. The topological polar surface area (TPSA) is 42.4 Å². The molecule has 0 saturated heterocycles. The van der Waals surface area contributed by atoms with Crippen LogP contribution in [0.25, 0.3) is 0 Å². The maximum Gasteiger partial charge on any atom is 0.0963 e. The smallest absolute Gasteiger partial charge is 0.0963 e. The molecule has 1 aliphatic rings. The summed E-state index contributed by atoms with van der Waals surface area (Å²) in [6, 6.07) is 4.12. The fourth-order valence-electron chi connectivity index (χ4n) is 2.81. The number of aromatic nitrogens is 1. The van der Waals surface area contributed by atoms with E-state index in [-0.39, 0.29) is 6.10 Å². The summed E-state index contributed by atoms with van der Waals surface area (Å²) >= 11 is 0. The van der Waals surface area contributed by atoms with Crippen LogP contribution in [-0.2, 0) is 17.6 Å². The lowest BCUT2D eigenvalue weighted by Gasteiger charge is -2.38. The lowest BCUT2D eigenvalue weighted by molar-refractivity contribution is -0.116. The van der Waals surface area contributed by atoms with Crippen molar-refractivity contribution in [3.05, 3.63) is 29.6 Å². The number of nitrogens with zero attached hydrogens (tertiary/aromatic N) is 1.